The van der Waals surface area contributed by atoms with Crippen LogP contribution in [-0.2, 0) is 16.0 Å². The summed E-state index contributed by atoms with van der Waals surface area (Å²) in [5.74, 6) is 2.20. The molecule has 1 aromatic heterocycles. The lowest BCUT2D eigenvalue weighted by Gasteiger charge is -2.30. The van der Waals surface area contributed by atoms with Crippen LogP contribution >= 0.6 is 0 Å². The van der Waals surface area contributed by atoms with Gasteiger partial charge in [-0.25, -0.2) is 9.97 Å². The molecule has 4 atom stereocenters. The smallest absolute Gasteiger partial charge is 0.225 e. The van der Waals surface area contributed by atoms with Crippen LogP contribution in [0.1, 0.15) is 57.4 Å². The summed E-state index contributed by atoms with van der Waals surface area (Å²) in [4.78, 5) is 24.1. The van der Waals surface area contributed by atoms with Gasteiger partial charge in [0.05, 0.1) is 18.2 Å². The molecule has 1 aliphatic carbocycles. The molecule has 3 aliphatic heterocycles. The van der Waals surface area contributed by atoms with Gasteiger partial charge in [-0.05, 0) is 37.7 Å². The molecule has 4 fully saturated rings. The number of hydrogen-bond donors (Lipinski definition) is 1. The Hall–Kier alpha value is -1.69. The average Bonchev–Trinajstić information content (AvgIpc) is 3.41. The first-order valence-corrected chi connectivity index (χ1v) is 11.2. The number of fused-ring (bicyclic) bond motifs is 1. The molecule has 28 heavy (non-hydrogen) atoms. The van der Waals surface area contributed by atoms with Gasteiger partial charge in [-0.2, -0.15) is 0 Å². The molecule has 3 saturated heterocycles. The third-order valence-electron chi connectivity index (χ3n) is 7.65. The quantitative estimate of drug-likeness (QED) is 0.845. The van der Waals surface area contributed by atoms with Crippen molar-refractivity contribution in [3.05, 3.63) is 18.0 Å². The Balaban J connectivity index is 1.24. The summed E-state index contributed by atoms with van der Waals surface area (Å²) < 4.78 is 6.52. The van der Waals surface area contributed by atoms with Crippen LogP contribution in [-0.4, -0.2) is 47.2 Å². The molecular weight excluding hydrogens is 352 g/mol. The number of nitrogens with one attached hydrogen (secondary N) is 1. The standard InChI is InChI=1S/C22H32N4O2/c1-2-15-10-24-21(25-11-15)26-13-18-17(19-8-9-22(18,14-26)28-19)12-23-20(27)16-6-4-3-5-7-16/h10-11,16-19H,2-9,12-14H2,1H3,(H,23,27)/t17-,18+,19+,22+/m0/s1. The highest BCUT2D eigenvalue weighted by Gasteiger charge is 2.63. The Morgan fingerprint density at radius 2 is 2.04 bits per heavy atom. The maximum Gasteiger partial charge on any atom is 0.225 e. The first-order chi connectivity index (χ1) is 13.7. The summed E-state index contributed by atoms with van der Waals surface area (Å²) in [6.45, 7) is 4.70. The van der Waals surface area contributed by atoms with Crippen LogP contribution in [0.5, 0.6) is 0 Å². The second kappa shape index (κ2) is 7.29. The van der Waals surface area contributed by atoms with Crippen LogP contribution < -0.4 is 10.2 Å². The summed E-state index contributed by atoms with van der Waals surface area (Å²) in [6, 6.07) is 0. The van der Waals surface area contributed by atoms with E-state index in [0.717, 1.165) is 57.7 Å². The maximum atomic E-state index is 12.6. The largest absolute Gasteiger partial charge is 0.369 e. The van der Waals surface area contributed by atoms with Gasteiger partial charge in [0.2, 0.25) is 11.9 Å². The van der Waals surface area contributed by atoms with Gasteiger partial charge in [0.15, 0.2) is 0 Å². The van der Waals surface area contributed by atoms with Crippen LogP contribution in [0.2, 0.25) is 0 Å². The van der Waals surface area contributed by atoms with Crippen molar-refractivity contribution in [1.29, 1.82) is 0 Å². The molecule has 4 heterocycles. The Labute approximate surface area is 167 Å². The van der Waals surface area contributed by atoms with Crippen molar-refractivity contribution in [1.82, 2.24) is 15.3 Å². The Morgan fingerprint density at radius 1 is 1.25 bits per heavy atom. The molecule has 0 aromatic carbocycles. The summed E-state index contributed by atoms with van der Waals surface area (Å²) in [5, 5.41) is 3.29. The predicted octanol–water partition coefficient (Wildman–Crippen LogP) is 2.72. The summed E-state index contributed by atoms with van der Waals surface area (Å²) in [6.07, 6.45) is 13.2. The number of nitrogens with zero attached hydrogens (tertiary/aromatic N) is 3. The molecule has 1 aromatic rings. The van der Waals surface area contributed by atoms with E-state index in [1.54, 1.807) is 0 Å². The number of carbonyl (C=O) groups excluding carboxylic acids is 1. The van der Waals surface area contributed by atoms with Crippen LogP contribution in [0, 0.1) is 17.8 Å². The molecular formula is C22H32N4O2. The van der Waals surface area contributed by atoms with Crippen LogP contribution in [0.4, 0.5) is 5.95 Å². The van der Waals surface area contributed by atoms with Gasteiger partial charge >= 0.3 is 0 Å². The molecule has 5 rings (SSSR count). The minimum Gasteiger partial charge on any atom is -0.369 e. The summed E-state index contributed by atoms with van der Waals surface area (Å²) >= 11 is 0. The SMILES string of the molecule is CCc1cnc(N2C[C@@H]3[C@H](CNC(=O)C4CCCCC4)[C@H]4CC[C@]3(C2)O4)nc1. The Morgan fingerprint density at radius 3 is 2.79 bits per heavy atom. The molecule has 2 bridgehead atoms. The van der Waals surface area contributed by atoms with Crippen molar-refractivity contribution in [3.63, 3.8) is 0 Å². The van der Waals surface area contributed by atoms with Gasteiger partial charge in [0.25, 0.3) is 0 Å². The van der Waals surface area contributed by atoms with Crippen LogP contribution in [0.25, 0.3) is 0 Å². The second-order valence-electron chi connectivity index (χ2n) is 9.24. The number of rotatable bonds is 5. The number of hydrogen-bond acceptors (Lipinski definition) is 5. The summed E-state index contributed by atoms with van der Waals surface area (Å²) in [7, 11) is 0. The Bertz CT molecular complexity index is 718. The van der Waals surface area contributed by atoms with Crippen molar-refractivity contribution in [3.8, 4) is 0 Å². The van der Waals surface area contributed by atoms with E-state index in [2.05, 4.69) is 27.1 Å². The van der Waals surface area contributed by atoms with Crippen molar-refractivity contribution in [2.75, 3.05) is 24.5 Å². The second-order valence-corrected chi connectivity index (χ2v) is 9.24. The molecule has 1 spiro atoms. The highest BCUT2D eigenvalue weighted by Crippen LogP contribution is 2.55. The highest BCUT2D eigenvalue weighted by atomic mass is 16.5. The van der Waals surface area contributed by atoms with E-state index in [1.807, 2.05) is 12.4 Å². The van der Waals surface area contributed by atoms with Gasteiger partial charge < -0.3 is 15.0 Å². The zero-order chi connectivity index (χ0) is 19.1. The normalized spacial score (nSPS) is 34.6. The van der Waals surface area contributed by atoms with Crippen molar-refractivity contribution >= 4 is 11.9 Å². The van der Waals surface area contributed by atoms with Gasteiger partial charge in [-0.1, -0.05) is 26.2 Å². The predicted molar refractivity (Wildman–Crippen MR) is 107 cm³/mol. The number of anilines is 1. The fourth-order valence-electron chi connectivity index (χ4n) is 6.04. The van der Waals surface area contributed by atoms with Gasteiger partial charge in [0.1, 0.15) is 0 Å². The molecule has 6 nitrogen and oxygen atoms in total. The number of aryl methyl sites for hydroxylation is 1. The molecule has 152 valence electrons. The van der Waals surface area contributed by atoms with E-state index in [-0.39, 0.29) is 17.4 Å². The maximum absolute atomic E-state index is 12.6. The van der Waals surface area contributed by atoms with Crippen LogP contribution in [0.15, 0.2) is 12.4 Å². The molecule has 1 amide bonds. The van der Waals surface area contributed by atoms with Crippen molar-refractivity contribution in [2.45, 2.75) is 70.0 Å². The van der Waals surface area contributed by atoms with E-state index in [1.165, 1.54) is 24.8 Å². The number of aromatic nitrogens is 2. The molecule has 0 unspecified atom stereocenters. The van der Waals surface area contributed by atoms with E-state index in [4.69, 9.17) is 4.74 Å². The fourth-order valence-corrected chi connectivity index (χ4v) is 6.04. The zero-order valence-corrected chi connectivity index (χ0v) is 16.9. The molecule has 1 N–H and O–H groups in total. The molecule has 6 heteroatoms. The van der Waals surface area contributed by atoms with E-state index in [0.29, 0.717) is 17.9 Å². The lowest BCUT2D eigenvalue weighted by molar-refractivity contribution is -0.126. The van der Waals surface area contributed by atoms with Gasteiger partial charge in [0, 0.05) is 43.2 Å². The molecule has 1 saturated carbocycles. The monoisotopic (exact) mass is 384 g/mol. The average molecular weight is 385 g/mol. The molecule has 4 aliphatic rings. The van der Waals surface area contributed by atoms with E-state index >= 15 is 0 Å². The van der Waals surface area contributed by atoms with Crippen molar-refractivity contribution < 1.29 is 9.53 Å². The van der Waals surface area contributed by atoms with E-state index in [9.17, 15) is 4.79 Å². The first kappa shape index (κ1) is 18.3. The lowest BCUT2D eigenvalue weighted by Crippen LogP contribution is -2.43. The zero-order valence-electron chi connectivity index (χ0n) is 16.9. The Kier molecular flexibility index (Phi) is 4.77. The fraction of sp³-hybridized carbons (Fsp3) is 0.773. The van der Waals surface area contributed by atoms with Gasteiger partial charge in [-0.15, -0.1) is 0 Å². The third kappa shape index (κ3) is 3.10. The highest BCUT2D eigenvalue weighted by molar-refractivity contribution is 5.78. The minimum absolute atomic E-state index is 0.0579. The van der Waals surface area contributed by atoms with Crippen LogP contribution in [0.3, 0.4) is 0 Å². The lowest BCUT2D eigenvalue weighted by atomic mass is 9.73. The number of carbonyl (C=O) groups is 1. The summed E-state index contributed by atoms with van der Waals surface area (Å²) in [5.41, 5.74) is 1.11. The van der Waals surface area contributed by atoms with E-state index < -0.39 is 0 Å². The molecule has 0 radical (unpaired) electrons. The number of amides is 1. The van der Waals surface area contributed by atoms with Crippen molar-refractivity contribution in [2.24, 2.45) is 17.8 Å². The third-order valence-corrected chi connectivity index (χ3v) is 7.65. The topological polar surface area (TPSA) is 67.4 Å². The minimum atomic E-state index is -0.0579. The first-order valence-electron chi connectivity index (χ1n) is 11.2. The van der Waals surface area contributed by atoms with Gasteiger partial charge in [-0.3, -0.25) is 4.79 Å². The number of ether oxygens (including phenoxy) is 1.